The quantitative estimate of drug-likeness (QED) is 0.258. The Balaban J connectivity index is 4.47. The minimum absolute atomic E-state index is 0.647. The van der Waals surface area contributed by atoms with Gasteiger partial charge in [0.05, 0.1) is 0 Å². The monoisotopic (exact) mass is 302 g/mol. The second-order valence-corrected chi connectivity index (χ2v) is 6.63. The van der Waals surface area contributed by atoms with Gasteiger partial charge in [0.25, 0.3) is 0 Å². The molecular formula is C21H34O. The lowest BCUT2D eigenvalue weighted by Gasteiger charge is -2.10. The lowest BCUT2D eigenvalue weighted by molar-refractivity contribution is -0.104. The number of hydrogen-bond acceptors (Lipinski definition) is 1. The maximum atomic E-state index is 10.2. The number of rotatable bonds is 10. The Hall–Kier alpha value is -1.37. The number of allylic oxidation sites excluding steroid dienone is 8. The van der Waals surface area contributed by atoms with Crippen LogP contribution in [0.3, 0.4) is 0 Å². The van der Waals surface area contributed by atoms with Crippen LogP contribution in [0.5, 0.6) is 0 Å². The van der Waals surface area contributed by atoms with Gasteiger partial charge < -0.3 is 0 Å². The van der Waals surface area contributed by atoms with Crippen LogP contribution in [-0.2, 0) is 4.79 Å². The first-order valence-electron chi connectivity index (χ1n) is 8.53. The second-order valence-electron chi connectivity index (χ2n) is 6.63. The molecule has 0 saturated carbocycles. The Kier molecular flexibility index (Phi) is 11.4. The number of carbonyl (C=O) groups is 1. The Bertz CT molecular complexity index is 435. The molecule has 0 aromatic rings. The van der Waals surface area contributed by atoms with E-state index in [1.807, 2.05) is 6.08 Å². The van der Waals surface area contributed by atoms with Crippen LogP contribution < -0.4 is 0 Å². The summed E-state index contributed by atoms with van der Waals surface area (Å²) in [6.45, 7) is 13.3. The molecule has 0 aliphatic rings. The van der Waals surface area contributed by atoms with Crippen LogP contribution in [0, 0.1) is 11.8 Å². The van der Waals surface area contributed by atoms with Gasteiger partial charge in [0.15, 0.2) is 0 Å². The second kappa shape index (κ2) is 12.2. The van der Waals surface area contributed by atoms with Crippen molar-refractivity contribution in [3.63, 3.8) is 0 Å². The Labute approximate surface area is 137 Å². The lowest BCUT2D eigenvalue weighted by Crippen LogP contribution is -1.95. The molecule has 0 bridgehead atoms. The van der Waals surface area contributed by atoms with Gasteiger partial charge in [-0.3, -0.25) is 4.79 Å². The van der Waals surface area contributed by atoms with Crippen molar-refractivity contribution >= 4 is 6.29 Å². The van der Waals surface area contributed by atoms with Crippen LogP contribution in [0.4, 0.5) is 0 Å². The van der Waals surface area contributed by atoms with Crippen molar-refractivity contribution in [2.45, 2.75) is 67.2 Å². The molecule has 2 atom stereocenters. The molecule has 0 amide bonds. The first-order valence-corrected chi connectivity index (χ1v) is 8.53. The maximum absolute atomic E-state index is 10.2. The van der Waals surface area contributed by atoms with Crippen LogP contribution >= 0.6 is 0 Å². The molecule has 0 spiro atoms. The summed E-state index contributed by atoms with van der Waals surface area (Å²) in [7, 11) is 0. The highest BCUT2D eigenvalue weighted by Crippen LogP contribution is 2.18. The number of carbonyl (C=O) groups excluding carboxylic acids is 1. The molecule has 0 heterocycles. The van der Waals surface area contributed by atoms with Gasteiger partial charge in [-0.25, -0.2) is 0 Å². The molecule has 22 heavy (non-hydrogen) atoms. The van der Waals surface area contributed by atoms with Crippen molar-refractivity contribution in [2.24, 2.45) is 11.8 Å². The molecule has 0 rings (SSSR count). The summed E-state index contributed by atoms with van der Waals surface area (Å²) in [6.07, 6.45) is 15.7. The summed E-state index contributed by atoms with van der Waals surface area (Å²) >= 11 is 0. The maximum Gasteiger partial charge on any atom is 0.142 e. The SMILES string of the molecule is CCC(C)C=C(C)C=C(C)C=C(C)CC(C)CCC=CC=O. The predicted molar refractivity (Wildman–Crippen MR) is 98.9 cm³/mol. The van der Waals surface area contributed by atoms with Gasteiger partial charge >= 0.3 is 0 Å². The first-order chi connectivity index (χ1) is 10.4. The minimum Gasteiger partial charge on any atom is -0.299 e. The molecular weight excluding hydrogens is 268 g/mol. The van der Waals surface area contributed by atoms with E-state index >= 15 is 0 Å². The molecule has 0 aromatic carbocycles. The van der Waals surface area contributed by atoms with Crippen LogP contribution in [0.15, 0.2) is 47.1 Å². The molecule has 0 aliphatic heterocycles. The normalized spacial score (nSPS) is 16.9. The highest BCUT2D eigenvalue weighted by atomic mass is 16.1. The third-order valence-electron chi connectivity index (χ3n) is 3.83. The fourth-order valence-electron chi connectivity index (χ4n) is 2.65. The molecule has 2 unspecified atom stereocenters. The van der Waals surface area contributed by atoms with E-state index in [1.54, 1.807) is 6.08 Å². The van der Waals surface area contributed by atoms with Crippen molar-refractivity contribution < 1.29 is 4.79 Å². The summed E-state index contributed by atoms with van der Waals surface area (Å²) in [6, 6.07) is 0. The Morgan fingerprint density at radius 2 is 1.73 bits per heavy atom. The summed E-state index contributed by atoms with van der Waals surface area (Å²) in [4.78, 5) is 10.2. The van der Waals surface area contributed by atoms with Crippen molar-refractivity contribution in [1.29, 1.82) is 0 Å². The van der Waals surface area contributed by atoms with Crippen molar-refractivity contribution in [1.82, 2.24) is 0 Å². The van der Waals surface area contributed by atoms with Crippen LogP contribution in [-0.4, -0.2) is 6.29 Å². The largest absolute Gasteiger partial charge is 0.299 e. The third-order valence-corrected chi connectivity index (χ3v) is 3.83. The average molecular weight is 303 g/mol. The molecule has 0 saturated heterocycles. The Morgan fingerprint density at radius 3 is 2.32 bits per heavy atom. The summed E-state index contributed by atoms with van der Waals surface area (Å²) < 4.78 is 0. The molecule has 0 N–H and O–H groups in total. The van der Waals surface area contributed by atoms with Crippen molar-refractivity contribution in [2.75, 3.05) is 0 Å². The van der Waals surface area contributed by atoms with Gasteiger partial charge in [-0.2, -0.15) is 0 Å². The van der Waals surface area contributed by atoms with Gasteiger partial charge in [-0.15, -0.1) is 0 Å². The highest BCUT2D eigenvalue weighted by molar-refractivity contribution is 5.64. The van der Waals surface area contributed by atoms with E-state index in [0.29, 0.717) is 11.8 Å². The van der Waals surface area contributed by atoms with E-state index in [9.17, 15) is 4.79 Å². The van der Waals surface area contributed by atoms with Gasteiger partial charge in [0, 0.05) is 0 Å². The average Bonchev–Trinajstić information content (AvgIpc) is 2.42. The zero-order valence-corrected chi connectivity index (χ0v) is 15.4. The topological polar surface area (TPSA) is 17.1 Å². The molecule has 0 aliphatic carbocycles. The summed E-state index contributed by atoms with van der Waals surface area (Å²) in [5, 5.41) is 0. The minimum atomic E-state index is 0.647. The van der Waals surface area contributed by atoms with Crippen molar-refractivity contribution in [3.05, 3.63) is 47.1 Å². The first kappa shape index (κ1) is 20.6. The molecule has 0 radical (unpaired) electrons. The smallest absolute Gasteiger partial charge is 0.142 e. The van der Waals surface area contributed by atoms with E-state index in [0.717, 1.165) is 25.5 Å². The number of hydrogen-bond donors (Lipinski definition) is 0. The fraction of sp³-hybridized carbons (Fsp3) is 0.571. The standard InChI is InChI=1S/C21H34O/c1-7-17(2)13-19(4)15-21(6)16-20(5)14-18(3)11-9-8-10-12-22/h8,10,12-13,15-18H,7,9,11,14H2,1-6H3. The molecule has 0 aromatic heterocycles. The summed E-state index contributed by atoms with van der Waals surface area (Å²) in [5.41, 5.74) is 4.10. The van der Waals surface area contributed by atoms with Crippen LogP contribution in [0.2, 0.25) is 0 Å². The highest BCUT2D eigenvalue weighted by Gasteiger charge is 2.02. The van der Waals surface area contributed by atoms with Gasteiger partial charge in [0.2, 0.25) is 0 Å². The summed E-state index contributed by atoms with van der Waals surface area (Å²) in [5.74, 6) is 1.30. The Morgan fingerprint density at radius 1 is 1.05 bits per heavy atom. The third kappa shape index (κ3) is 11.3. The van der Waals surface area contributed by atoms with E-state index in [1.165, 1.54) is 23.1 Å². The number of aldehydes is 1. The van der Waals surface area contributed by atoms with E-state index in [-0.39, 0.29) is 0 Å². The molecule has 124 valence electrons. The van der Waals surface area contributed by atoms with Crippen molar-refractivity contribution in [3.8, 4) is 0 Å². The van der Waals surface area contributed by atoms with E-state index in [4.69, 9.17) is 0 Å². The van der Waals surface area contributed by atoms with Crippen LogP contribution in [0.1, 0.15) is 67.2 Å². The molecule has 1 heteroatoms. The molecule has 1 nitrogen and oxygen atoms in total. The lowest BCUT2D eigenvalue weighted by atomic mass is 9.96. The zero-order chi connectivity index (χ0) is 17.0. The fourth-order valence-corrected chi connectivity index (χ4v) is 2.65. The van der Waals surface area contributed by atoms with Gasteiger partial charge in [0.1, 0.15) is 6.29 Å². The zero-order valence-electron chi connectivity index (χ0n) is 15.4. The predicted octanol–water partition coefficient (Wildman–Crippen LogP) is 6.43. The van der Waals surface area contributed by atoms with E-state index < -0.39 is 0 Å². The molecule has 0 fully saturated rings. The van der Waals surface area contributed by atoms with Gasteiger partial charge in [-0.1, -0.05) is 68.2 Å². The van der Waals surface area contributed by atoms with Crippen LogP contribution in [0.25, 0.3) is 0 Å². The van der Waals surface area contributed by atoms with E-state index in [2.05, 4.69) is 59.8 Å². The van der Waals surface area contributed by atoms with Gasteiger partial charge in [-0.05, 0) is 57.9 Å².